The number of piperazine rings is 1. The Morgan fingerprint density at radius 2 is 1.79 bits per heavy atom. The third-order valence-corrected chi connectivity index (χ3v) is 5.56. The van der Waals surface area contributed by atoms with Crippen LogP contribution in [0.25, 0.3) is 11.3 Å². The minimum Gasteiger partial charge on any atom is -0.368 e. The molecule has 144 valence electrons. The molecule has 2 heterocycles. The molecular formula is C22H22ClN3O2. The van der Waals surface area contributed by atoms with Crippen LogP contribution in [0.2, 0.25) is 5.02 Å². The molecule has 0 aliphatic carbocycles. The minimum absolute atomic E-state index is 0.0994. The molecule has 0 radical (unpaired) electrons. The third-order valence-electron chi connectivity index (χ3n) is 5.32. The van der Waals surface area contributed by atoms with Crippen LogP contribution in [0, 0.1) is 13.8 Å². The number of amides is 1. The van der Waals surface area contributed by atoms with E-state index in [1.807, 2.05) is 17.0 Å². The minimum atomic E-state index is -0.0994. The highest BCUT2D eigenvalue weighted by Gasteiger charge is 2.25. The number of rotatable bonds is 3. The van der Waals surface area contributed by atoms with Crippen molar-refractivity contribution < 1.29 is 9.32 Å². The lowest BCUT2D eigenvalue weighted by Crippen LogP contribution is -2.49. The van der Waals surface area contributed by atoms with E-state index in [0.717, 1.165) is 18.7 Å². The molecule has 0 atom stereocenters. The van der Waals surface area contributed by atoms with Crippen LogP contribution in [0.5, 0.6) is 0 Å². The van der Waals surface area contributed by atoms with Crippen molar-refractivity contribution in [3.63, 3.8) is 0 Å². The maximum Gasteiger partial charge on any atom is 0.276 e. The van der Waals surface area contributed by atoms with Crippen molar-refractivity contribution in [1.29, 1.82) is 0 Å². The molecule has 0 unspecified atom stereocenters. The Hall–Kier alpha value is -2.79. The number of aromatic nitrogens is 1. The van der Waals surface area contributed by atoms with Gasteiger partial charge in [-0.25, -0.2) is 0 Å². The first-order valence-corrected chi connectivity index (χ1v) is 9.74. The summed E-state index contributed by atoms with van der Waals surface area (Å²) in [5.41, 5.74) is 4.96. The predicted octanol–water partition coefficient (Wildman–Crippen LogP) is 4.57. The lowest BCUT2D eigenvalue weighted by atomic mass is 10.1. The molecule has 1 aliphatic rings. The fraction of sp³-hybridized carbons (Fsp3) is 0.273. The van der Waals surface area contributed by atoms with Crippen LogP contribution >= 0.6 is 11.6 Å². The molecular weight excluding hydrogens is 374 g/mol. The van der Waals surface area contributed by atoms with E-state index < -0.39 is 0 Å². The first kappa shape index (κ1) is 18.6. The zero-order valence-electron chi connectivity index (χ0n) is 16.0. The molecule has 28 heavy (non-hydrogen) atoms. The van der Waals surface area contributed by atoms with Gasteiger partial charge in [0.05, 0.1) is 0 Å². The molecule has 1 fully saturated rings. The Kier molecular flexibility index (Phi) is 5.09. The molecule has 1 amide bonds. The number of aryl methyl sites for hydroxylation is 1. The van der Waals surface area contributed by atoms with E-state index in [4.69, 9.17) is 16.1 Å². The summed E-state index contributed by atoms with van der Waals surface area (Å²) < 4.78 is 5.37. The molecule has 0 spiro atoms. The molecule has 0 N–H and O–H groups in total. The van der Waals surface area contributed by atoms with Gasteiger partial charge in [0, 0.05) is 48.5 Å². The standard InChI is InChI=1S/C22H22ClN3O2/c1-15-5-3-8-20(16(15)2)25-9-11-26(12-10-25)22(27)19-14-21(28-24-19)17-6-4-7-18(23)13-17/h3-8,13-14H,9-12H2,1-2H3. The summed E-state index contributed by atoms with van der Waals surface area (Å²) in [5, 5.41) is 4.59. The molecule has 5 nitrogen and oxygen atoms in total. The highest BCUT2D eigenvalue weighted by molar-refractivity contribution is 6.30. The Balaban J connectivity index is 1.44. The number of anilines is 1. The zero-order chi connectivity index (χ0) is 19.7. The summed E-state index contributed by atoms with van der Waals surface area (Å²) >= 11 is 6.03. The molecule has 0 bridgehead atoms. The van der Waals surface area contributed by atoms with Gasteiger partial charge in [-0.2, -0.15) is 0 Å². The average Bonchev–Trinajstić information content (AvgIpc) is 3.20. The van der Waals surface area contributed by atoms with Crippen molar-refractivity contribution >= 4 is 23.2 Å². The van der Waals surface area contributed by atoms with Gasteiger partial charge in [-0.1, -0.05) is 41.0 Å². The van der Waals surface area contributed by atoms with Gasteiger partial charge < -0.3 is 14.3 Å². The molecule has 2 aromatic carbocycles. The molecule has 1 saturated heterocycles. The number of benzene rings is 2. The van der Waals surface area contributed by atoms with Crippen molar-refractivity contribution in [2.75, 3.05) is 31.1 Å². The van der Waals surface area contributed by atoms with E-state index in [0.29, 0.717) is 29.6 Å². The number of carbonyl (C=O) groups is 1. The highest BCUT2D eigenvalue weighted by Crippen LogP contribution is 2.26. The maximum atomic E-state index is 12.8. The van der Waals surface area contributed by atoms with Crippen molar-refractivity contribution in [1.82, 2.24) is 10.1 Å². The van der Waals surface area contributed by atoms with Gasteiger partial charge >= 0.3 is 0 Å². The normalized spacial score (nSPS) is 14.4. The van der Waals surface area contributed by atoms with Gasteiger partial charge in [0.1, 0.15) is 0 Å². The SMILES string of the molecule is Cc1cccc(N2CCN(C(=O)c3cc(-c4cccc(Cl)c4)on3)CC2)c1C. The van der Waals surface area contributed by atoms with Crippen LogP contribution in [0.15, 0.2) is 53.1 Å². The quantitative estimate of drug-likeness (QED) is 0.651. The molecule has 4 rings (SSSR count). The van der Waals surface area contributed by atoms with Crippen LogP contribution < -0.4 is 4.90 Å². The van der Waals surface area contributed by atoms with Gasteiger partial charge in [0.25, 0.3) is 5.91 Å². The third kappa shape index (κ3) is 3.62. The van der Waals surface area contributed by atoms with Crippen LogP contribution in [0.3, 0.4) is 0 Å². The predicted molar refractivity (Wildman–Crippen MR) is 111 cm³/mol. The number of halogens is 1. The van der Waals surface area contributed by atoms with Crippen LogP contribution in [-0.4, -0.2) is 42.1 Å². The van der Waals surface area contributed by atoms with E-state index >= 15 is 0 Å². The smallest absolute Gasteiger partial charge is 0.276 e. The Bertz CT molecular complexity index is 1010. The number of hydrogen-bond donors (Lipinski definition) is 0. The second kappa shape index (κ2) is 7.68. The molecule has 1 aliphatic heterocycles. The summed E-state index contributed by atoms with van der Waals surface area (Å²) in [6.07, 6.45) is 0. The topological polar surface area (TPSA) is 49.6 Å². The summed E-state index contributed by atoms with van der Waals surface area (Å²) in [6, 6.07) is 15.3. The van der Waals surface area contributed by atoms with E-state index in [2.05, 4.69) is 42.1 Å². The van der Waals surface area contributed by atoms with Gasteiger partial charge in [-0.05, 0) is 43.2 Å². The number of nitrogens with zero attached hydrogens (tertiary/aromatic N) is 3. The van der Waals surface area contributed by atoms with Crippen molar-refractivity contribution in [3.8, 4) is 11.3 Å². The monoisotopic (exact) mass is 395 g/mol. The largest absolute Gasteiger partial charge is 0.368 e. The van der Waals surface area contributed by atoms with E-state index in [-0.39, 0.29) is 5.91 Å². The number of hydrogen-bond acceptors (Lipinski definition) is 4. The van der Waals surface area contributed by atoms with E-state index in [9.17, 15) is 4.79 Å². The second-order valence-electron chi connectivity index (χ2n) is 7.09. The van der Waals surface area contributed by atoms with E-state index in [1.54, 1.807) is 18.2 Å². The van der Waals surface area contributed by atoms with Crippen molar-refractivity contribution in [2.24, 2.45) is 0 Å². The summed E-state index contributed by atoms with van der Waals surface area (Å²) in [6.45, 7) is 7.19. The van der Waals surface area contributed by atoms with Crippen LogP contribution in [0.1, 0.15) is 21.6 Å². The Labute approximate surface area is 169 Å². The summed E-state index contributed by atoms with van der Waals surface area (Å²) in [7, 11) is 0. The van der Waals surface area contributed by atoms with E-state index in [1.165, 1.54) is 16.8 Å². The lowest BCUT2D eigenvalue weighted by molar-refractivity contribution is 0.0736. The highest BCUT2D eigenvalue weighted by atomic mass is 35.5. The summed E-state index contributed by atoms with van der Waals surface area (Å²) in [4.78, 5) is 17.0. The number of carbonyl (C=O) groups excluding carboxylic acids is 1. The van der Waals surface area contributed by atoms with Crippen LogP contribution in [-0.2, 0) is 0 Å². The first-order chi connectivity index (χ1) is 13.5. The molecule has 3 aromatic rings. The van der Waals surface area contributed by atoms with Gasteiger partial charge in [-0.3, -0.25) is 4.79 Å². The Morgan fingerprint density at radius 3 is 2.54 bits per heavy atom. The lowest BCUT2D eigenvalue weighted by Gasteiger charge is -2.36. The second-order valence-corrected chi connectivity index (χ2v) is 7.52. The zero-order valence-corrected chi connectivity index (χ0v) is 16.7. The molecule has 6 heteroatoms. The van der Waals surface area contributed by atoms with Crippen molar-refractivity contribution in [2.45, 2.75) is 13.8 Å². The van der Waals surface area contributed by atoms with Crippen molar-refractivity contribution in [3.05, 3.63) is 70.4 Å². The van der Waals surface area contributed by atoms with Gasteiger partial charge in [0.15, 0.2) is 11.5 Å². The first-order valence-electron chi connectivity index (χ1n) is 9.36. The fourth-order valence-electron chi connectivity index (χ4n) is 3.54. The maximum absolute atomic E-state index is 12.8. The van der Waals surface area contributed by atoms with Crippen LogP contribution in [0.4, 0.5) is 5.69 Å². The average molecular weight is 396 g/mol. The van der Waals surface area contributed by atoms with Gasteiger partial charge in [-0.15, -0.1) is 0 Å². The molecule has 1 aromatic heterocycles. The summed E-state index contributed by atoms with van der Waals surface area (Å²) in [5.74, 6) is 0.442. The Morgan fingerprint density at radius 1 is 1.04 bits per heavy atom. The van der Waals surface area contributed by atoms with Gasteiger partial charge in [0.2, 0.25) is 0 Å². The fourth-order valence-corrected chi connectivity index (χ4v) is 3.73. The molecule has 0 saturated carbocycles.